The number of hydrogen-bond donors (Lipinski definition) is 0. The number of aromatic nitrogens is 1. The number of carbonyl (C=O) groups is 1. The summed E-state index contributed by atoms with van der Waals surface area (Å²) < 4.78 is 39.2. The van der Waals surface area contributed by atoms with E-state index >= 15 is 0 Å². The van der Waals surface area contributed by atoms with Gasteiger partial charge in [0.25, 0.3) is 0 Å². The van der Waals surface area contributed by atoms with Gasteiger partial charge in [0.05, 0.1) is 21.7 Å². The Balaban J connectivity index is 1.49. The van der Waals surface area contributed by atoms with Crippen LogP contribution in [-0.4, -0.2) is 49.9 Å². The minimum Gasteiger partial charge on any atom is -0.486 e. The largest absolute Gasteiger partial charge is 0.486 e. The molecule has 7 nitrogen and oxygen atoms in total. The van der Waals surface area contributed by atoms with Crippen LogP contribution in [0.4, 0.5) is 0 Å². The van der Waals surface area contributed by atoms with Crippen LogP contribution in [0.1, 0.15) is 18.4 Å². The molecule has 33 heavy (non-hydrogen) atoms. The number of nitrogens with zero attached hydrogens (tertiary/aromatic N) is 2. The van der Waals surface area contributed by atoms with Crippen LogP contribution < -0.4 is 14.3 Å². The second kappa shape index (κ2) is 10.8. The zero-order chi connectivity index (χ0) is 23.3. The number of carbonyl (C=O) groups excluding carboxylic acids is 1. The number of rotatable bonds is 9. The third-order valence-corrected chi connectivity index (χ3v) is 8.48. The molecular weight excluding hydrogens is 480 g/mol. The fourth-order valence-electron chi connectivity index (χ4n) is 3.60. The lowest BCUT2D eigenvalue weighted by Gasteiger charge is -2.18. The van der Waals surface area contributed by atoms with Crippen LogP contribution in [0.3, 0.4) is 0 Å². The lowest BCUT2D eigenvalue weighted by Crippen LogP contribution is -2.19. The fourth-order valence-corrected chi connectivity index (χ4v) is 6.47. The van der Waals surface area contributed by atoms with E-state index in [1.54, 1.807) is 23.9 Å². The van der Waals surface area contributed by atoms with Crippen molar-refractivity contribution in [2.75, 3.05) is 31.0 Å². The van der Waals surface area contributed by atoms with Crippen molar-refractivity contribution in [3.8, 4) is 11.5 Å². The third-order valence-electron chi connectivity index (χ3n) is 5.16. The summed E-state index contributed by atoms with van der Waals surface area (Å²) in [4.78, 5) is 17.5. The van der Waals surface area contributed by atoms with Crippen molar-refractivity contribution in [2.45, 2.75) is 25.1 Å². The zero-order valence-electron chi connectivity index (χ0n) is 18.4. The molecule has 2 aromatic carbocycles. The van der Waals surface area contributed by atoms with Gasteiger partial charge < -0.3 is 14.0 Å². The van der Waals surface area contributed by atoms with E-state index in [1.165, 1.54) is 11.3 Å². The summed E-state index contributed by atoms with van der Waals surface area (Å²) in [5, 5.41) is 0. The number of hydrogen-bond acceptors (Lipinski definition) is 7. The van der Waals surface area contributed by atoms with Gasteiger partial charge in [-0.25, -0.2) is 8.42 Å². The van der Waals surface area contributed by atoms with Crippen molar-refractivity contribution in [1.82, 2.24) is 4.57 Å². The van der Waals surface area contributed by atoms with Gasteiger partial charge in [0.15, 0.2) is 26.1 Å². The minimum atomic E-state index is -3.28. The van der Waals surface area contributed by atoms with E-state index < -0.39 is 9.84 Å². The molecule has 0 unspecified atom stereocenters. The Morgan fingerprint density at radius 3 is 2.61 bits per heavy atom. The molecule has 0 aliphatic carbocycles. The quantitative estimate of drug-likeness (QED) is 0.440. The first-order valence-corrected chi connectivity index (χ1v) is 14.7. The Morgan fingerprint density at radius 1 is 1.15 bits per heavy atom. The van der Waals surface area contributed by atoms with E-state index in [9.17, 15) is 13.2 Å². The molecule has 0 saturated heterocycles. The summed E-state index contributed by atoms with van der Waals surface area (Å²) in [5.74, 6) is 1.91. The number of ether oxygens (including phenoxy) is 2. The highest BCUT2D eigenvalue weighted by Crippen LogP contribution is 2.35. The number of aryl methyl sites for hydroxylation is 1. The molecule has 0 atom stereocenters. The average molecular weight is 507 g/mol. The molecule has 1 aromatic heterocycles. The number of fused-ring (bicyclic) bond motifs is 2. The first kappa shape index (κ1) is 23.8. The Bertz CT molecular complexity index is 1300. The highest BCUT2D eigenvalue weighted by atomic mass is 32.2. The minimum absolute atomic E-state index is 0.0149. The maximum atomic E-state index is 12.6. The molecule has 10 heteroatoms. The summed E-state index contributed by atoms with van der Waals surface area (Å²) in [6.07, 6.45) is 2.38. The molecule has 1 amide bonds. The van der Waals surface area contributed by atoms with Crippen molar-refractivity contribution in [1.29, 1.82) is 0 Å². The van der Waals surface area contributed by atoms with Crippen LogP contribution in [0.5, 0.6) is 11.5 Å². The number of benzene rings is 2. The van der Waals surface area contributed by atoms with Gasteiger partial charge in [-0.2, -0.15) is 16.8 Å². The maximum absolute atomic E-state index is 12.6. The smallest absolute Gasteiger partial charge is 0.248 e. The second-order valence-corrected chi connectivity index (χ2v) is 11.9. The topological polar surface area (TPSA) is 87.0 Å². The Hall–Kier alpha value is -2.30. The molecule has 3 aromatic rings. The standard InChI is InChI=1S/C23H26N2O5S3/c1-31-12-9-25-18-14-19-20(30-11-10-29-19)15-21(18)32-23(25)24-22(26)8-5-13-33(27,28)16-17-6-3-2-4-7-17/h2-4,6-7,14-15H,5,8-13,16H2,1H3. The van der Waals surface area contributed by atoms with Crippen LogP contribution in [-0.2, 0) is 26.9 Å². The normalized spacial score (nSPS) is 14.0. The highest BCUT2D eigenvalue weighted by molar-refractivity contribution is 7.98. The second-order valence-electron chi connectivity index (χ2n) is 7.68. The number of amides is 1. The third kappa shape index (κ3) is 6.18. The summed E-state index contributed by atoms with van der Waals surface area (Å²) in [7, 11) is -3.28. The van der Waals surface area contributed by atoms with Crippen molar-refractivity contribution < 1.29 is 22.7 Å². The fraction of sp³-hybridized carbons (Fsp3) is 0.391. The summed E-state index contributed by atoms with van der Waals surface area (Å²) in [6.45, 7) is 1.73. The maximum Gasteiger partial charge on any atom is 0.248 e. The van der Waals surface area contributed by atoms with Gasteiger partial charge >= 0.3 is 0 Å². The first-order chi connectivity index (χ1) is 15.9. The van der Waals surface area contributed by atoms with Gasteiger partial charge in [-0.05, 0) is 18.2 Å². The molecule has 0 N–H and O–H groups in total. The SMILES string of the molecule is CSCCn1c(=NC(=O)CCCS(=O)(=O)Cc2ccccc2)sc2cc3c(cc21)OCCO3. The van der Waals surface area contributed by atoms with Gasteiger partial charge in [0.1, 0.15) is 13.2 Å². The van der Waals surface area contributed by atoms with Crippen LogP contribution in [0.2, 0.25) is 0 Å². The van der Waals surface area contributed by atoms with Crippen molar-refractivity contribution >= 4 is 49.1 Å². The Morgan fingerprint density at radius 2 is 1.88 bits per heavy atom. The lowest BCUT2D eigenvalue weighted by molar-refractivity contribution is -0.118. The van der Waals surface area contributed by atoms with Gasteiger partial charge in [0, 0.05) is 30.9 Å². The van der Waals surface area contributed by atoms with Crippen molar-refractivity contribution in [3.05, 3.63) is 52.8 Å². The van der Waals surface area contributed by atoms with Crippen molar-refractivity contribution in [3.63, 3.8) is 0 Å². The summed E-state index contributed by atoms with van der Waals surface area (Å²) >= 11 is 3.15. The molecule has 0 bridgehead atoms. The van der Waals surface area contributed by atoms with Crippen LogP contribution in [0, 0.1) is 0 Å². The average Bonchev–Trinajstić information content (AvgIpc) is 3.11. The van der Waals surface area contributed by atoms with E-state index in [1.807, 2.05) is 41.2 Å². The summed E-state index contributed by atoms with van der Waals surface area (Å²) in [5.41, 5.74) is 1.71. The van der Waals surface area contributed by atoms with Crippen molar-refractivity contribution in [2.24, 2.45) is 4.99 Å². The van der Waals surface area contributed by atoms with Gasteiger partial charge in [-0.1, -0.05) is 41.7 Å². The molecule has 0 spiro atoms. The highest BCUT2D eigenvalue weighted by Gasteiger charge is 2.17. The molecule has 0 fully saturated rings. The molecule has 0 radical (unpaired) electrons. The predicted molar refractivity (Wildman–Crippen MR) is 133 cm³/mol. The lowest BCUT2D eigenvalue weighted by atomic mass is 10.2. The van der Waals surface area contributed by atoms with E-state index in [-0.39, 0.29) is 30.3 Å². The molecule has 176 valence electrons. The molecule has 2 heterocycles. The van der Waals surface area contributed by atoms with Crippen LogP contribution >= 0.6 is 23.1 Å². The van der Waals surface area contributed by atoms with E-state index in [2.05, 4.69) is 4.99 Å². The molecule has 1 aliphatic rings. The zero-order valence-corrected chi connectivity index (χ0v) is 20.8. The monoisotopic (exact) mass is 506 g/mol. The van der Waals surface area contributed by atoms with E-state index in [0.717, 1.165) is 21.5 Å². The number of thioether (sulfide) groups is 1. The molecule has 1 aliphatic heterocycles. The van der Waals surface area contributed by atoms with Gasteiger partial charge in [-0.3, -0.25) is 4.79 Å². The van der Waals surface area contributed by atoms with E-state index in [4.69, 9.17) is 9.47 Å². The van der Waals surface area contributed by atoms with E-state index in [0.29, 0.717) is 36.1 Å². The molecule has 0 saturated carbocycles. The Labute approximate surface area is 201 Å². The molecule has 4 rings (SSSR count). The number of sulfone groups is 1. The summed E-state index contributed by atoms with van der Waals surface area (Å²) in [6, 6.07) is 13.0. The van der Waals surface area contributed by atoms with Gasteiger partial charge in [-0.15, -0.1) is 0 Å². The van der Waals surface area contributed by atoms with Gasteiger partial charge in [0.2, 0.25) is 5.91 Å². The van der Waals surface area contributed by atoms with Crippen LogP contribution in [0.15, 0.2) is 47.5 Å². The first-order valence-electron chi connectivity index (χ1n) is 10.7. The number of thiazole rings is 1. The predicted octanol–water partition coefficient (Wildman–Crippen LogP) is 3.66. The molecular formula is C23H26N2O5S3. The Kier molecular flexibility index (Phi) is 7.77. The van der Waals surface area contributed by atoms with Crippen LogP contribution in [0.25, 0.3) is 10.2 Å².